The number of hydrogen-bond acceptors (Lipinski definition) is 5. The van der Waals surface area contributed by atoms with Gasteiger partial charge in [0.2, 0.25) is 5.91 Å². The van der Waals surface area contributed by atoms with Crippen molar-refractivity contribution in [3.8, 4) is 5.75 Å². The number of aryl methyl sites for hydroxylation is 1. The molecule has 2 rings (SSSR count). The van der Waals surface area contributed by atoms with Crippen LogP contribution in [0.2, 0.25) is 0 Å². The fraction of sp³-hybridized carbons (Fsp3) is 0.333. The number of carbonyl (C=O) groups is 2. The predicted octanol–water partition coefficient (Wildman–Crippen LogP) is 3.89. The minimum Gasteiger partial charge on any atom is -0.497 e. The zero-order valence-electron chi connectivity index (χ0n) is 16.8. The average molecular weight is 397 g/mol. The minimum absolute atomic E-state index is 0.0811. The fourth-order valence-electron chi connectivity index (χ4n) is 2.70. The quantitative estimate of drug-likeness (QED) is 0.244. The summed E-state index contributed by atoms with van der Waals surface area (Å²) in [6.45, 7) is 2.56. The van der Waals surface area contributed by atoms with Crippen molar-refractivity contribution in [2.24, 2.45) is 16.2 Å². The summed E-state index contributed by atoms with van der Waals surface area (Å²) in [5.41, 5.74) is 2.72. The van der Waals surface area contributed by atoms with Crippen molar-refractivity contribution in [3.05, 3.63) is 53.6 Å². The number of anilines is 1. The lowest BCUT2D eigenvalue weighted by molar-refractivity contribution is -0.116. The second-order valence-corrected chi connectivity index (χ2v) is 6.58. The highest BCUT2D eigenvalue weighted by Gasteiger charge is 2.09. The summed E-state index contributed by atoms with van der Waals surface area (Å²) in [7, 11) is 1.54. The first-order valence-electron chi connectivity index (χ1n) is 9.47. The Labute approximate surface area is 170 Å². The van der Waals surface area contributed by atoms with Crippen LogP contribution in [0.1, 0.15) is 41.6 Å². The topological polar surface area (TPSA) is 118 Å². The minimum atomic E-state index is -0.129. The van der Waals surface area contributed by atoms with Crippen LogP contribution >= 0.6 is 0 Å². The Hall–Kier alpha value is -3.42. The van der Waals surface area contributed by atoms with Gasteiger partial charge in [0, 0.05) is 24.6 Å². The summed E-state index contributed by atoms with van der Waals surface area (Å²) in [5, 5.41) is 12.8. The molecule has 8 nitrogen and oxygen atoms in total. The first kappa shape index (κ1) is 21.9. The van der Waals surface area contributed by atoms with E-state index in [1.54, 1.807) is 25.3 Å². The molecule has 0 heterocycles. The summed E-state index contributed by atoms with van der Waals surface area (Å²) in [4.78, 5) is 24.2. The van der Waals surface area contributed by atoms with Crippen LogP contribution in [0.5, 0.6) is 5.75 Å². The molecule has 154 valence electrons. The third kappa shape index (κ3) is 7.25. The van der Waals surface area contributed by atoms with Gasteiger partial charge in [-0.25, -0.2) is 0 Å². The zero-order valence-corrected chi connectivity index (χ0v) is 16.8. The molecule has 2 aromatic carbocycles. The predicted molar refractivity (Wildman–Crippen MR) is 112 cm³/mol. The summed E-state index contributed by atoms with van der Waals surface area (Å²) >= 11 is 0. The van der Waals surface area contributed by atoms with Crippen molar-refractivity contribution < 1.29 is 14.3 Å². The van der Waals surface area contributed by atoms with Crippen LogP contribution in [0.25, 0.3) is 0 Å². The van der Waals surface area contributed by atoms with Crippen LogP contribution in [0.3, 0.4) is 0 Å². The molecule has 0 fully saturated rings. The van der Waals surface area contributed by atoms with Gasteiger partial charge in [0.15, 0.2) is 0 Å². The second-order valence-electron chi connectivity index (χ2n) is 6.58. The smallest absolute Gasteiger partial charge is 0.251 e. The van der Waals surface area contributed by atoms with E-state index in [-0.39, 0.29) is 11.8 Å². The van der Waals surface area contributed by atoms with E-state index < -0.39 is 0 Å². The Bertz CT molecular complexity index is 850. The average Bonchev–Trinajstić information content (AvgIpc) is 2.72. The van der Waals surface area contributed by atoms with Crippen molar-refractivity contribution in [2.75, 3.05) is 19.0 Å². The van der Waals surface area contributed by atoms with E-state index in [1.165, 1.54) is 0 Å². The molecule has 0 saturated carbocycles. The molecule has 8 heteroatoms. The molecule has 0 atom stereocenters. The largest absolute Gasteiger partial charge is 0.497 e. The molecule has 0 aromatic heterocycles. The van der Waals surface area contributed by atoms with Gasteiger partial charge in [-0.05, 0) is 44.0 Å². The maximum Gasteiger partial charge on any atom is 0.251 e. The number of amides is 2. The van der Waals surface area contributed by atoms with E-state index in [9.17, 15) is 9.59 Å². The van der Waals surface area contributed by atoms with Crippen molar-refractivity contribution in [1.29, 1.82) is 0 Å². The van der Waals surface area contributed by atoms with Crippen molar-refractivity contribution in [3.63, 3.8) is 0 Å². The lowest BCUT2D eigenvalue weighted by Crippen LogP contribution is -2.24. The molecule has 2 amide bonds. The number of nitrogens with zero attached hydrogens (tertiary/aromatic N) is 2. The molecule has 0 unspecified atom stereocenters. The number of methoxy groups -OCH3 is 1. The summed E-state index contributed by atoms with van der Waals surface area (Å²) < 4.78 is 5.16. The Kier molecular flexibility index (Phi) is 8.62. The number of unbranched alkanes of at least 4 members (excludes halogenated alkanes) is 2. The van der Waals surface area contributed by atoms with Crippen LogP contribution in [-0.4, -0.2) is 25.5 Å². The van der Waals surface area contributed by atoms with Gasteiger partial charge >= 0.3 is 0 Å². The van der Waals surface area contributed by atoms with Crippen molar-refractivity contribution in [2.45, 2.75) is 32.6 Å². The highest BCUT2D eigenvalue weighted by atomic mass is 16.5. The molecule has 0 radical (unpaired) electrons. The van der Waals surface area contributed by atoms with Gasteiger partial charge in [-0.3, -0.25) is 9.59 Å². The molecule has 0 bridgehead atoms. The van der Waals surface area contributed by atoms with Crippen molar-refractivity contribution >= 4 is 23.2 Å². The van der Waals surface area contributed by atoms with E-state index >= 15 is 0 Å². The number of rotatable bonds is 10. The fourth-order valence-corrected chi connectivity index (χ4v) is 2.70. The highest BCUT2D eigenvalue weighted by molar-refractivity contribution is 5.94. The molecule has 0 aliphatic rings. The zero-order chi connectivity index (χ0) is 21.1. The number of ether oxygens (including phenoxy) is 1. The summed E-state index contributed by atoms with van der Waals surface area (Å²) in [6, 6.07) is 12.5. The van der Waals surface area contributed by atoms with E-state index in [1.807, 2.05) is 31.2 Å². The first-order chi connectivity index (χ1) is 14.0. The van der Waals surface area contributed by atoms with Gasteiger partial charge in [-0.1, -0.05) is 29.3 Å². The van der Waals surface area contributed by atoms with Crippen LogP contribution < -0.4 is 21.2 Å². The van der Waals surface area contributed by atoms with Gasteiger partial charge in [-0.15, -0.1) is 5.11 Å². The number of carbonyl (C=O) groups excluding carboxylic acids is 2. The number of benzene rings is 2. The first-order valence-corrected chi connectivity index (χ1v) is 9.47. The maximum absolute atomic E-state index is 12.2. The third-order valence-corrected chi connectivity index (χ3v) is 4.32. The highest BCUT2D eigenvalue weighted by Crippen LogP contribution is 2.29. The Morgan fingerprint density at radius 2 is 1.83 bits per heavy atom. The molecule has 0 aliphatic carbocycles. The normalized spacial score (nSPS) is 10.7. The van der Waals surface area contributed by atoms with Crippen LogP contribution in [-0.2, 0) is 4.79 Å². The van der Waals surface area contributed by atoms with Crippen molar-refractivity contribution in [1.82, 2.24) is 5.32 Å². The van der Waals surface area contributed by atoms with Crippen LogP contribution in [0.4, 0.5) is 11.4 Å². The van der Waals surface area contributed by atoms with Crippen LogP contribution in [0, 0.1) is 6.92 Å². The standard InChI is InChI=1S/C21H27N5O3/c1-15-7-9-16(10-8-15)21(28)23-13-5-3-4-6-20(27)24-19-14-17(29-2)11-12-18(19)25-26-22/h7-12,14H,3-6,13H2,1-2H3,(H2,22,25)(H,23,28)(H,24,27). The molecule has 0 saturated heterocycles. The Morgan fingerprint density at radius 1 is 1.07 bits per heavy atom. The van der Waals surface area contributed by atoms with Gasteiger partial charge in [0.1, 0.15) is 11.4 Å². The molecular formula is C21H27N5O3. The molecular weight excluding hydrogens is 370 g/mol. The van der Waals surface area contributed by atoms with E-state index in [4.69, 9.17) is 10.6 Å². The third-order valence-electron chi connectivity index (χ3n) is 4.32. The second kappa shape index (κ2) is 11.4. The van der Waals surface area contributed by atoms with Gasteiger partial charge in [0.25, 0.3) is 5.91 Å². The van der Waals surface area contributed by atoms with Gasteiger partial charge in [0.05, 0.1) is 12.8 Å². The van der Waals surface area contributed by atoms with E-state index in [0.717, 1.165) is 18.4 Å². The molecule has 0 aliphatic heterocycles. The molecule has 29 heavy (non-hydrogen) atoms. The monoisotopic (exact) mass is 397 g/mol. The van der Waals surface area contributed by atoms with Gasteiger partial charge < -0.3 is 21.2 Å². The van der Waals surface area contributed by atoms with E-state index in [0.29, 0.717) is 42.1 Å². The SMILES string of the molecule is COc1ccc(N=NN)c(NC(=O)CCCCCNC(=O)c2ccc(C)cc2)c1. The molecule has 2 aromatic rings. The lowest BCUT2D eigenvalue weighted by atomic mass is 10.1. The van der Waals surface area contributed by atoms with Crippen LogP contribution in [0.15, 0.2) is 52.8 Å². The Balaban J connectivity index is 1.70. The lowest BCUT2D eigenvalue weighted by Gasteiger charge is -2.09. The maximum atomic E-state index is 12.2. The number of nitrogens with two attached hydrogens (primary N) is 1. The number of nitrogens with one attached hydrogen (secondary N) is 2. The number of hydrogen-bond donors (Lipinski definition) is 3. The van der Waals surface area contributed by atoms with Gasteiger partial charge in [-0.2, -0.15) is 0 Å². The molecule has 4 N–H and O–H groups in total. The molecule has 0 spiro atoms. The van der Waals surface area contributed by atoms with E-state index in [2.05, 4.69) is 21.0 Å². The Morgan fingerprint density at radius 3 is 2.52 bits per heavy atom. The summed E-state index contributed by atoms with van der Waals surface area (Å²) in [6.07, 6.45) is 2.71. The summed E-state index contributed by atoms with van der Waals surface area (Å²) in [5.74, 6) is 5.49.